The molecule has 0 saturated carbocycles. The summed E-state index contributed by atoms with van der Waals surface area (Å²) in [6.45, 7) is 0. The molecule has 3 heteroatoms. The van der Waals surface area contributed by atoms with Gasteiger partial charge in [-0.2, -0.15) is 0 Å². The second-order valence-electron chi connectivity index (χ2n) is 15.2. The van der Waals surface area contributed by atoms with Gasteiger partial charge in [0.15, 0.2) is 5.58 Å². The molecule has 276 valence electrons. The minimum absolute atomic E-state index is 0.852. The molecule has 2 aromatic heterocycles. The van der Waals surface area contributed by atoms with Gasteiger partial charge in [-0.15, -0.1) is 11.3 Å². The molecular formula is C56H35NOS. The van der Waals surface area contributed by atoms with E-state index < -0.39 is 0 Å². The lowest BCUT2D eigenvalue weighted by Crippen LogP contribution is -2.10. The summed E-state index contributed by atoms with van der Waals surface area (Å²) in [6.07, 6.45) is 0. The van der Waals surface area contributed by atoms with E-state index in [1.54, 1.807) is 0 Å². The van der Waals surface area contributed by atoms with Crippen LogP contribution in [0.4, 0.5) is 17.1 Å². The molecule has 0 radical (unpaired) electrons. The van der Waals surface area contributed by atoms with Gasteiger partial charge < -0.3 is 9.32 Å². The minimum atomic E-state index is 0.852. The van der Waals surface area contributed by atoms with E-state index in [0.717, 1.165) is 44.6 Å². The first-order chi connectivity index (χ1) is 29.3. The van der Waals surface area contributed by atoms with Crippen LogP contribution in [0.25, 0.3) is 97.0 Å². The highest BCUT2D eigenvalue weighted by Gasteiger charge is 2.23. The normalized spacial score (nSPS) is 11.7. The summed E-state index contributed by atoms with van der Waals surface area (Å²) >= 11 is 1.87. The Kier molecular flexibility index (Phi) is 7.75. The topological polar surface area (TPSA) is 16.4 Å². The maximum Gasteiger partial charge on any atom is 0.159 e. The highest BCUT2D eigenvalue weighted by Crippen LogP contribution is 2.48. The Labute approximate surface area is 345 Å². The minimum Gasteiger partial charge on any atom is -0.453 e. The first-order valence-corrected chi connectivity index (χ1v) is 20.9. The molecule has 0 saturated heterocycles. The largest absolute Gasteiger partial charge is 0.453 e. The monoisotopic (exact) mass is 769 g/mol. The summed E-state index contributed by atoms with van der Waals surface area (Å²) in [4.78, 5) is 2.35. The summed E-state index contributed by atoms with van der Waals surface area (Å²) in [5.74, 6) is 0. The van der Waals surface area contributed by atoms with Crippen molar-refractivity contribution in [1.29, 1.82) is 0 Å². The molecule has 0 aliphatic heterocycles. The zero-order valence-corrected chi connectivity index (χ0v) is 32.8. The van der Waals surface area contributed by atoms with Crippen LogP contribution < -0.4 is 4.90 Å². The van der Waals surface area contributed by atoms with Crippen LogP contribution in [-0.4, -0.2) is 0 Å². The standard InChI is InChI=1S/C56H35NOS/c1-2-13-36(14-3-1)37-27-31-41(32-28-37)57(42-33-29-39(30-34-42)45-21-11-24-49-46-20-8-9-26-52(46)59-56(45)49)51-25-12-23-48-50-35-40-16-5-7-19-44(40)53(55(50)58-54(48)51)47-22-10-17-38-15-4-6-18-43(38)47/h1-35H. The van der Waals surface area contributed by atoms with E-state index in [1.807, 2.05) is 11.3 Å². The molecule has 12 rings (SSSR count). The lowest BCUT2D eigenvalue weighted by molar-refractivity contribution is 0.670. The Morgan fingerprint density at radius 1 is 0.356 bits per heavy atom. The number of hydrogen-bond acceptors (Lipinski definition) is 3. The predicted molar refractivity (Wildman–Crippen MR) is 253 cm³/mol. The summed E-state index contributed by atoms with van der Waals surface area (Å²) < 4.78 is 9.90. The van der Waals surface area contributed by atoms with E-state index in [-0.39, 0.29) is 0 Å². The summed E-state index contributed by atoms with van der Waals surface area (Å²) in [5.41, 5.74) is 11.9. The molecular weight excluding hydrogens is 735 g/mol. The molecule has 0 aliphatic carbocycles. The molecule has 0 aliphatic rings. The quantitative estimate of drug-likeness (QED) is 0.167. The van der Waals surface area contributed by atoms with Gasteiger partial charge in [0.25, 0.3) is 0 Å². The van der Waals surface area contributed by atoms with Gasteiger partial charge in [0.1, 0.15) is 5.58 Å². The lowest BCUT2D eigenvalue weighted by Gasteiger charge is -2.26. The van der Waals surface area contributed by atoms with Gasteiger partial charge in [-0.25, -0.2) is 0 Å². The third-order valence-corrected chi connectivity index (χ3v) is 13.1. The van der Waals surface area contributed by atoms with Gasteiger partial charge in [0, 0.05) is 47.9 Å². The molecule has 0 amide bonds. The summed E-state index contributed by atoms with van der Waals surface area (Å²) in [7, 11) is 0. The van der Waals surface area contributed by atoms with Gasteiger partial charge in [0.05, 0.1) is 5.69 Å². The van der Waals surface area contributed by atoms with Crippen molar-refractivity contribution in [3.8, 4) is 33.4 Å². The molecule has 0 fully saturated rings. The summed E-state index contributed by atoms with van der Waals surface area (Å²) in [5, 5.41) is 9.59. The number of nitrogens with zero attached hydrogens (tertiary/aromatic N) is 1. The van der Waals surface area contributed by atoms with Crippen molar-refractivity contribution < 1.29 is 4.42 Å². The zero-order valence-electron chi connectivity index (χ0n) is 32.0. The maximum atomic E-state index is 7.27. The molecule has 2 nitrogen and oxygen atoms in total. The Morgan fingerprint density at radius 3 is 1.75 bits per heavy atom. The van der Waals surface area contributed by atoms with Crippen LogP contribution in [0.3, 0.4) is 0 Å². The van der Waals surface area contributed by atoms with Crippen LogP contribution >= 0.6 is 11.3 Å². The Bertz CT molecular complexity index is 3540. The van der Waals surface area contributed by atoms with Crippen molar-refractivity contribution in [2.24, 2.45) is 0 Å². The van der Waals surface area contributed by atoms with E-state index in [4.69, 9.17) is 4.42 Å². The van der Waals surface area contributed by atoms with Crippen LogP contribution in [0.2, 0.25) is 0 Å². The van der Waals surface area contributed by atoms with Gasteiger partial charge in [-0.05, 0) is 91.8 Å². The van der Waals surface area contributed by atoms with Crippen LogP contribution in [0.5, 0.6) is 0 Å². The van der Waals surface area contributed by atoms with E-state index in [1.165, 1.54) is 69.5 Å². The van der Waals surface area contributed by atoms with E-state index >= 15 is 0 Å². The van der Waals surface area contributed by atoms with Gasteiger partial charge in [-0.3, -0.25) is 0 Å². The Hall–Kier alpha value is -7.46. The van der Waals surface area contributed by atoms with E-state index in [0.29, 0.717) is 0 Å². The molecule has 2 heterocycles. The average Bonchev–Trinajstić information content (AvgIpc) is 3.88. The average molecular weight is 770 g/mol. The molecule has 0 bridgehead atoms. The number of furan rings is 1. The highest BCUT2D eigenvalue weighted by atomic mass is 32.1. The molecule has 0 unspecified atom stereocenters. The van der Waals surface area contributed by atoms with Gasteiger partial charge in [-0.1, -0.05) is 170 Å². The number of benzene rings is 10. The summed E-state index contributed by atoms with van der Waals surface area (Å²) in [6, 6.07) is 76.7. The van der Waals surface area contributed by atoms with Crippen molar-refractivity contribution in [2.75, 3.05) is 4.90 Å². The number of fused-ring (bicyclic) bond motifs is 8. The zero-order chi connectivity index (χ0) is 38.9. The van der Waals surface area contributed by atoms with Crippen molar-refractivity contribution in [3.05, 3.63) is 212 Å². The third-order valence-electron chi connectivity index (χ3n) is 11.9. The molecule has 0 atom stereocenters. The molecule has 0 N–H and O–H groups in total. The Morgan fingerprint density at radius 2 is 0.932 bits per heavy atom. The van der Waals surface area contributed by atoms with Crippen LogP contribution in [-0.2, 0) is 0 Å². The van der Waals surface area contributed by atoms with Crippen LogP contribution in [0.1, 0.15) is 0 Å². The first kappa shape index (κ1) is 33.7. The SMILES string of the molecule is c1ccc(-c2ccc(N(c3ccc(-c4cccc5c4sc4ccccc45)cc3)c3cccc4c3oc3c(-c5cccc6ccccc56)c5ccccc5cc34)cc2)cc1. The van der Waals surface area contributed by atoms with Gasteiger partial charge in [0.2, 0.25) is 0 Å². The molecule has 10 aromatic carbocycles. The lowest BCUT2D eigenvalue weighted by atomic mass is 9.92. The van der Waals surface area contributed by atoms with E-state index in [9.17, 15) is 0 Å². The second-order valence-corrected chi connectivity index (χ2v) is 16.3. The Balaban J connectivity index is 1.07. The number of thiophene rings is 1. The molecule has 59 heavy (non-hydrogen) atoms. The predicted octanol–water partition coefficient (Wildman–Crippen LogP) is 16.7. The fraction of sp³-hybridized carbons (Fsp3) is 0. The number of anilines is 3. The van der Waals surface area contributed by atoms with Crippen LogP contribution in [0, 0.1) is 0 Å². The molecule has 12 aromatic rings. The van der Waals surface area contributed by atoms with Crippen LogP contribution in [0.15, 0.2) is 217 Å². The van der Waals surface area contributed by atoms with Crippen molar-refractivity contribution in [3.63, 3.8) is 0 Å². The van der Waals surface area contributed by atoms with Crippen molar-refractivity contribution in [2.45, 2.75) is 0 Å². The molecule has 0 spiro atoms. The van der Waals surface area contributed by atoms with Crippen molar-refractivity contribution in [1.82, 2.24) is 0 Å². The number of hydrogen-bond donors (Lipinski definition) is 0. The highest BCUT2D eigenvalue weighted by molar-refractivity contribution is 7.26. The first-order valence-electron chi connectivity index (χ1n) is 20.1. The second kappa shape index (κ2) is 13.6. The van der Waals surface area contributed by atoms with Crippen molar-refractivity contribution >= 4 is 92.1 Å². The third kappa shape index (κ3) is 5.47. The maximum absolute atomic E-state index is 7.27. The number of para-hydroxylation sites is 1. The fourth-order valence-electron chi connectivity index (χ4n) is 9.09. The van der Waals surface area contributed by atoms with Gasteiger partial charge >= 0.3 is 0 Å². The fourth-order valence-corrected chi connectivity index (χ4v) is 10.3. The van der Waals surface area contributed by atoms with E-state index in [2.05, 4.69) is 217 Å². The smallest absolute Gasteiger partial charge is 0.159 e. The number of rotatable bonds is 6.